The van der Waals surface area contributed by atoms with Crippen LogP contribution < -0.4 is 5.46 Å². The molecule has 0 N–H and O–H groups in total. The lowest BCUT2D eigenvalue weighted by molar-refractivity contribution is 0.00578. The Bertz CT molecular complexity index is 693. The molecule has 148 valence electrons. The minimum Gasteiger partial charge on any atom is -0.399 e. The second-order valence-electron chi connectivity index (χ2n) is 8.25. The van der Waals surface area contributed by atoms with Crippen LogP contribution in [0.3, 0.4) is 0 Å². The highest BCUT2D eigenvalue weighted by Crippen LogP contribution is 2.36. The number of likely N-dealkylation sites (tertiary alicyclic amines) is 1. The van der Waals surface area contributed by atoms with E-state index in [0.29, 0.717) is 19.8 Å². The smallest absolute Gasteiger partial charge is 0.399 e. The van der Waals surface area contributed by atoms with Gasteiger partial charge in [-0.2, -0.15) is 0 Å². The summed E-state index contributed by atoms with van der Waals surface area (Å²) >= 11 is 0. The van der Waals surface area contributed by atoms with Gasteiger partial charge in [-0.25, -0.2) is 4.39 Å². The molecule has 1 atom stereocenters. The van der Waals surface area contributed by atoms with Crippen LogP contribution in [0.1, 0.15) is 57.8 Å². The Hall–Kier alpha value is -1.44. The fraction of sp³-hybridized carbons (Fsp3) is 0.650. The van der Waals surface area contributed by atoms with Crippen LogP contribution in [0.15, 0.2) is 18.2 Å². The van der Waals surface area contributed by atoms with Crippen molar-refractivity contribution in [1.82, 2.24) is 4.90 Å². The Labute approximate surface area is 161 Å². The lowest BCUT2D eigenvalue weighted by Crippen LogP contribution is -2.41. The first-order valence-corrected chi connectivity index (χ1v) is 9.70. The summed E-state index contributed by atoms with van der Waals surface area (Å²) in [7, 11) is -0.833. The normalized spacial score (nSPS) is 23.9. The van der Waals surface area contributed by atoms with Gasteiger partial charge in [-0.3, -0.25) is 4.79 Å². The first kappa shape index (κ1) is 20.3. The number of nitrogens with zero attached hydrogens (tertiary/aromatic N) is 1. The van der Waals surface area contributed by atoms with E-state index in [1.165, 1.54) is 6.07 Å². The van der Waals surface area contributed by atoms with E-state index < -0.39 is 24.1 Å². The quantitative estimate of drug-likeness (QED) is 0.741. The van der Waals surface area contributed by atoms with Crippen molar-refractivity contribution in [3.8, 4) is 0 Å². The largest absolute Gasteiger partial charge is 0.497 e. The van der Waals surface area contributed by atoms with Gasteiger partial charge in [-0.05, 0) is 53.5 Å². The topological polar surface area (TPSA) is 48.0 Å². The molecule has 1 aromatic carbocycles. The lowest BCUT2D eigenvalue weighted by Gasteiger charge is -2.32. The van der Waals surface area contributed by atoms with E-state index in [1.807, 2.05) is 34.6 Å². The summed E-state index contributed by atoms with van der Waals surface area (Å²) in [4.78, 5) is 14.7. The molecule has 0 aromatic heterocycles. The van der Waals surface area contributed by atoms with Gasteiger partial charge in [0.15, 0.2) is 0 Å². The second-order valence-corrected chi connectivity index (χ2v) is 8.25. The van der Waals surface area contributed by atoms with E-state index in [0.717, 1.165) is 12.8 Å². The van der Waals surface area contributed by atoms with Crippen molar-refractivity contribution in [2.75, 3.05) is 19.8 Å². The average molecular weight is 377 g/mol. The molecule has 0 radical (unpaired) electrons. The lowest BCUT2D eigenvalue weighted by atomic mass is 9.77. The van der Waals surface area contributed by atoms with Crippen molar-refractivity contribution in [1.29, 1.82) is 0 Å². The molecule has 2 aliphatic rings. The molecule has 1 aromatic rings. The third-order valence-electron chi connectivity index (χ3n) is 5.92. The molecule has 2 heterocycles. The number of carbonyl (C=O) groups is 1. The van der Waals surface area contributed by atoms with Gasteiger partial charge < -0.3 is 18.9 Å². The molecule has 0 spiro atoms. The number of hydrogen-bond donors (Lipinski definition) is 0. The molecule has 27 heavy (non-hydrogen) atoms. The number of halogens is 1. The van der Waals surface area contributed by atoms with E-state index in [9.17, 15) is 4.79 Å². The third kappa shape index (κ3) is 3.77. The highest BCUT2D eigenvalue weighted by atomic mass is 19.1. The molecule has 0 bridgehead atoms. The fourth-order valence-electron chi connectivity index (χ4n) is 3.55. The fourth-order valence-corrected chi connectivity index (χ4v) is 3.55. The molecule has 1 unspecified atom stereocenters. The highest BCUT2D eigenvalue weighted by molar-refractivity contribution is 6.62. The van der Waals surface area contributed by atoms with Crippen LogP contribution in [0, 0.1) is 5.82 Å². The molecule has 0 aliphatic carbocycles. The zero-order valence-corrected chi connectivity index (χ0v) is 16.9. The first-order valence-electron chi connectivity index (χ1n) is 9.70. The van der Waals surface area contributed by atoms with Gasteiger partial charge in [0, 0.05) is 18.6 Å². The number of amides is 1. The van der Waals surface area contributed by atoms with Crippen molar-refractivity contribution in [3.63, 3.8) is 0 Å². The van der Waals surface area contributed by atoms with Gasteiger partial charge >= 0.3 is 7.12 Å². The van der Waals surface area contributed by atoms with Gasteiger partial charge in [0.05, 0.1) is 29.4 Å². The standard InChI is InChI=1S/C20H29BFNO4/c1-6-25-13-14-9-8-12-23(14)18(24)15-10-7-11-16(17(15)22)21-26-19(2,3)20(4,5)27-21/h7,10-11,14H,6,8-9,12-13H2,1-5H3. The predicted molar refractivity (Wildman–Crippen MR) is 103 cm³/mol. The molecule has 3 rings (SSSR count). The van der Waals surface area contributed by atoms with Crippen LogP contribution in [0.2, 0.25) is 0 Å². The van der Waals surface area contributed by atoms with Crippen molar-refractivity contribution in [2.45, 2.75) is 64.7 Å². The minimum absolute atomic E-state index is 0.00245. The Balaban J connectivity index is 1.84. The molecular weight excluding hydrogens is 348 g/mol. The summed E-state index contributed by atoms with van der Waals surface area (Å²) < 4.78 is 32.7. The Morgan fingerprint density at radius 3 is 2.59 bits per heavy atom. The Morgan fingerprint density at radius 1 is 1.30 bits per heavy atom. The second kappa shape index (κ2) is 7.53. The van der Waals surface area contributed by atoms with Crippen molar-refractivity contribution < 1.29 is 23.2 Å². The monoisotopic (exact) mass is 377 g/mol. The van der Waals surface area contributed by atoms with E-state index >= 15 is 4.39 Å². The summed E-state index contributed by atoms with van der Waals surface area (Å²) in [5, 5.41) is 0. The van der Waals surface area contributed by atoms with E-state index in [1.54, 1.807) is 17.0 Å². The summed E-state index contributed by atoms with van der Waals surface area (Å²) in [6, 6.07) is 4.83. The number of rotatable bonds is 5. The molecular formula is C20H29BFNO4. The summed E-state index contributed by atoms with van der Waals surface area (Å²) in [5.74, 6) is -0.865. The average Bonchev–Trinajstić information content (AvgIpc) is 3.14. The molecule has 2 saturated heterocycles. The highest BCUT2D eigenvalue weighted by Gasteiger charge is 2.52. The number of hydrogen-bond acceptors (Lipinski definition) is 4. The zero-order chi connectivity index (χ0) is 19.8. The van der Waals surface area contributed by atoms with Crippen LogP contribution in [0.25, 0.3) is 0 Å². The molecule has 0 saturated carbocycles. The minimum atomic E-state index is -0.833. The molecule has 5 nitrogen and oxygen atoms in total. The third-order valence-corrected chi connectivity index (χ3v) is 5.92. The maximum atomic E-state index is 15.3. The van der Waals surface area contributed by atoms with Crippen LogP contribution in [-0.4, -0.2) is 54.9 Å². The van der Waals surface area contributed by atoms with Crippen molar-refractivity contribution in [2.24, 2.45) is 0 Å². The predicted octanol–water partition coefficient (Wildman–Crippen LogP) is 2.77. The van der Waals surface area contributed by atoms with E-state index in [2.05, 4.69) is 0 Å². The first-order chi connectivity index (χ1) is 12.7. The summed E-state index contributed by atoms with van der Waals surface area (Å²) in [6.07, 6.45) is 1.78. The van der Waals surface area contributed by atoms with E-state index in [4.69, 9.17) is 14.0 Å². The molecule has 1 amide bonds. The van der Waals surface area contributed by atoms with Crippen LogP contribution in [-0.2, 0) is 14.0 Å². The van der Waals surface area contributed by atoms with Crippen molar-refractivity contribution >= 4 is 18.5 Å². The van der Waals surface area contributed by atoms with Gasteiger partial charge in [-0.1, -0.05) is 12.1 Å². The Kier molecular flexibility index (Phi) is 5.66. The van der Waals surface area contributed by atoms with Gasteiger partial charge in [-0.15, -0.1) is 0 Å². The maximum Gasteiger partial charge on any atom is 0.497 e. The maximum absolute atomic E-state index is 15.3. The van der Waals surface area contributed by atoms with Gasteiger partial charge in [0.25, 0.3) is 5.91 Å². The van der Waals surface area contributed by atoms with Crippen LogP contribution in [0.5, 0.6) is 0 Å². The zero-order valence-electron chi connectivity index (χ0n) is 16.9. The molecule has 2 fully saturated rings. The van der Waals surface area contributed by atoms with Crippen LogP contribution >= 0.6 is 0 Å². The van der Waals surface area contributed by atoms with Gasteiger partial charge in [0.1, 0.15) is 5.82 Å². The number of benzene rings is 1. The molecule has 7 heteroatoms. The van der Waals surface area contributed by atoms with Crippen molar-refractivity contribution in [3.05, 3.63) is 29.6 Å². The SMILES string of the molecule is CCOCC1CCCN1C(=O)c1cccc(B2OC(C)(C)C(C)(C)O2)c1F. The molecule has 2 aliphatic heterocycles. The Morgan fingerprint density at radius 2 is 1.96 bits per heavy atom. The van der Waals surface area contributed by atoms with Crippen LogP contribution in [0.4, 0.5) is 4.39 Å². The number of carbonyl (C=O) groups excluding carboxylic acids is 1. The summed E-state index contributed by atoms with van der Waals surface area (Å²) in [5.41, 5.74) is -0.811. The van der Waals surface area contributed by atoms with E-state index in [-0.39, 0.29) is 23.0 Å². The van der Waals surface area contributed by atoms with Gasteiger partial charge in [0.2, 0.25) is 0 Å². The number of ether oxygens (including phenoxy) is 1. The summed E-state index contributed by atoms with van der Waals surface area (Å²) in [6.45, 7) is 11.3.